The van der Waals surface area contributed by atoms with Crippen molar-refractivity contribution in [2.24, 2.45) is 0 Å². The summed E-state index contributed by atoms with van der Waals surface area (Å²) in [6.07, 6.45) is 0.183. The van der Waals surface area contributed by atoms with Crippen LogP contribution >= 0.6 is 0 Å². The molecule has 10 nitrogen and oxygen atoms in total. The van der Waals surface area contributed by atoms with Crippen LogP contribution in [0.3, 0.4) is 0 Å². The minimum atomic E-state index is -1.09. The Bertz CT molecular complexity index is 1820. The third-order valence-corrected chi connectivity index (χ3v) is 8.39. The number of alkyl carbamates (subject to hydrolysis) is 1. The third kappa shape index (κ3) is 11.2. The molecule has 0 aromatic heterocycles. The van der Waals surface area contributed by atoms with Crippen molar-refractivity contribution < 1.29 is 28.7 Å². The number of ether oxygens (including phenoxy) is 2. The summed E-state index contributed by atoms with van der Waals surface area (Å²) in [6, 6.07) is 28.9. The largest absolute Gasteiger partial charge is 0.457 e. The lowest BCUT2D eigenvalue weighted by Gasteiger charge is -2.26. The first-order valence-electron chi connectivity index (χ1n) is 17.2. The molecule has 10 heteroatoms. The molecule has 2 bridgehead atoms. The molecule has 51 heavy (non-hydrogen) atoms. The highest BCUT2D eigenvalue weighted by Crippen LogP contribution is 2.28. The lowest BCUT2D eigenvalue weighted by atomic mass is 10.0. The normalized spacial score (nSPS) is 18.0. The Morgan fingerprint density at radius 3 is 2.29 bits per heavy atom. The summed E-state index contributed by atoms with van der Waals surface area (Å²) >= 11 is 0. The van der Waals surface area contributed by atoms with Crippen LogP contribution < -0.4 is 26.0 Å². The second kappa shape index (κ2) is 16.8. The second-order valence-electron chi connectivity index (χ2n) is 13.8. The maximum absolute atomic E-state index is 14.2. The molecule has 0 radical (unpaired) electrons. The zero-order chi connectivity index (χ0) is 36.4. The fraction of sp³-hybridized carbons (Fsp3) is 0.317. The van der Waals surface area contributed by atoms with E-state index in [9.17, 15) is 19.2 Å². The van der Waals surface area contributed by atoms with Gasteiger partial charge >= 0.3 is 6.09 Å². The SMILES string of the molecule is Cc1ccc(CNC(=O)[C@@H]2Cc3ccccc3Oc3cccc(c3)C[C@H](NC(=O)OC(C)(C)C)C(=O)N[C@@H](CCc3ccccc3)C(=O)N2)cc1. The van der Waals surface area contributed by atoms with Gasteiger partial charge in [-0.05, 0) is 81.0 Å². The molecule has 4 aromatic rings. The van der Waals surface area contributed by atoms with Gasteiger partial charge in [-0.25, -0.2) is 4.79 Å². The number of benzene rings is 4. The van der Waals surface area contributed by atoms with Gasteiger partial charge in [0, 0.05) is 19.4 Å². The van der Waals surface area contributed by atoms with Crippen LogP contribution in [0, 0.1) is 6.92 Å². The van der Waals surface area contributed by atoms with Gasteiger partial charge in [-0.3, -0.25) is 14.4 Å². The standard InChI is InChI=1S/C41H46N4O6/c1-27-17-19-29(20-18-27)26-42-37(46)35-25-31-14-8-9-16-36(31)50-32-15-10-13-30(23-32)24-34(45-40(49)51-41(2,3)4)39(48)43-33(38(47)44-35)22-21-28-11-6-5-7-12-28/h5-20,23,33-35H,21-22,24-26H2,1-4H3,(H,42,46)(H,43,48)(H,44,47)(H,45,49)/t33-,34-,35-/m0/s1. The van der Waals surface area contributed by atoms with Crippen LogP contribution in [-0.2, 0) is 44.9 Å². The van der Waals surface area contributed by atoms with E-state index in [2.05, 4.69) is 21.3 Å². The first kappa shape index (κ1) is 36.6. The maximum Gasteiger partial charge on any atom is 0.408 e. The van der Waals surface area contributed by atoms with Gasteiger partial charge < -0.3 is 30.7 Å². The summed E-state index contributed by atoms with van der Waals surface area (Å²) in [7, 11) is 0. The zero-order valence-electron chi connectivity index (χ0n) is 29.5. The van der Waals surface area contributed by atoms with Crippen LogP contribution in [0.15, 0.2) is 103 Å². The van der Waals surface area contributed by atoms with Gasteiger partial charge in [0.05, 0.1) is 0 Å². The Morgan fingerprint density at radius 1 is 0.824 bits per heavy atom. The molecule has 4 amide bonds. The van der Waals surface area contributed by atoms with Crippen molar-refractivity contribution in [1.29, 1.82) is 0 Å². The van der Waals surface area contributed by atoms with E-state index in [-0.39, 0.29) is 31.7 Å². The van der Waals surface area contributed by atoms with Crippen molar-refractivity contribution in [3.63, 3.8) is 0 Å². The number of amides is 4. The van der Waals surface area contributed by atoms with E-state index in [4.69, 9.17) is 9.47 Å². The van der Waals surface area contributed by atoms with Crippen LogP contribution in [0.2, 0.25) is 0 Å². The molecule has 0 unspecified atom stereocenters. The molecule has 0 saturated carbocycles. The number of hydrogen-bond donors (Lipinski definition) is 4. The van der Waals surface area contributed by atoms with E-state index in [0.29, 0.717) is 23.5 Å². The number of rotatable bonds is 7. The van der Waals surface area contributed by atoms with Crippen molar-refractivity contribution in [2.45, 2.75) is 83.6 Å². The van der Waals surface area contributed by atoms with Gasteiger partial charge in [0.2, 0.25) is 17.7 Å². The molecule has 0 saturated heterocycles. The first-order valence-corrected chi connectivity index (χ1v) is 17.2. The minimum Gasteiger partial charge on any atom is -0.457 e. The molecule has 1 aliphatic rings. The fourth-order valence-corrected chi connectivity index (χ4v) is 5.75. The predicted molar refractivity (Wildman–Crippen MR) is 195 cm³/mol. The summed E-state index contributed by atoms with van der Waals surface area (Å²) in [6.45, 7) is 7.47. The number of hydrogen-bond acceptors (Lipinski definition) is 6. The van der Waals surface area contributed by atoms with Gasteiger partial charge in [0.1, 0.15) is 35.2 Å². The summed E-state index contributed by atoms with van der Waals surface area (Å²) < 4.78 is 11.8. The minimum absolute atomic E-state index is 0.0982. The Labute approximate surface area is 299 Å². The van der Waals surface area contributed by atoms with Gasteiger partial charge in [-0.15, -0.1) is 0 Å². The average Bonchev–Trinajstić information content (AvgIpc) is 3.09. The van der Waals surface area contributed by atoms with E-state index >= 15 is 0 Å². The highest BCUT2D eigenvalue weighted by atomic mass is 16.6. The number of carbonyl (C=O) groups is 4. The number of fused-ring (bicyclic) bond motifs is 3. The Balaban J connectivity index is 1.50. The molecule has 4 aromatic carbocycles. The topological polar surface area (TPSA) is 135 Å². The lowest BCUT2D eigenvalue weighted by molar-refractivity contribution is -0.132. The summed E-state index contributed by atoms with van der Waals surface area (Å²) in [5.41, 5.74) is 3.63. The Hall–Kier alpha value is -5.64. The third-order valence-electron chi connectivity index (χ3n) is 8.39. The molecule has 266 valence electrons. The van der Waals surface area contributed by atoms with Gasteiger partial charge in [-0.2, -0.15) is 0 Å². The van der Waals surface area contributed by atoms with Crippen molar-refractivity contribution >= 4 is 23.8 Å². The maximum atomic E-state index is 14.2. The smallest absolute Gasteiger partial charge is 0.408 e. The Morgan fingerprint density at radius 2 is 1.55 bits per heavy atom. The number of aryl methyl sites for hydroxylation is 2. The van der Waals surface area contributed by atoms with Crippen LogP contribution in [-0.4, -0.2) is 47.5 Å². The molecule has 1 aliphatic heterocycles. The molecule has 0 aliphatic carbocycles. The van der Waals surface area contributed by atoms with E-state index < -0.39 is 41.6 Å². The van der Waals surface area contributed by atoms with Crippen molar-refractivity contribution in [2.75, 3.05) is 0 Å². The van der Waals surface area contributed by atoms with Crippen LogP contribution in [0.4, 0.5) is 4.79 Å². The highest BCUT2D eigenvalue weighted by molar-refractivity contribution is 5.94. The molecule has 4 N–H and O–H groups in total. The Kier molecular flexibility index (Phi) is 12.1. The quantitative estimate of drug-likeness (QED) is 0.197. The second-order valence-corrected chi connectivity index (χ2v) is 13.8. The monoisotopic (exact) mass is 690 g/mol. The summed E-state index contributed by atoms with van der Waals surface area (Å²) in [5.74, 6) is -0.453. The fourth-order valence-electron chi connectivity index (χ4n) is 5.75. The summed E-state index contributed by atoms with van der Waals surface area (Å²) in [4.78, 5) is 55.0. The van der Waals surface area contributed by atoms with E-state index in [0.717, 1.165) is 22.3 Å². The first-order chi connectivity index (χ1) is 24.4. The van der Waals surface area contributed by atoms with Crippen molar-refractivity contribution in [3.8, 4) is 11.5 Å². The average molecular weight is 691 g/mol. The van der Waals surface area contributed by atoms with E-state index in [1.54, 1.807) is 32.9 Å². The van der Waals surface area contributed by atoms with E-state index in [1.807, 2.05) is 97.9 Å². The number of carbonyl (C=O) groups excluding carboxylic acids is 4. The molecular formula is C41H46N4O6. The molecule has 0 spiro atoms. The lowest BCUT2D eigenvalue weighted by Crippen LogP contribution is -2.57. The number of para-hydroxylation sites is 1. The highest BCUT2D eigenvalue weighted by Gasteiger charge is 2.32. The van der Waals surface area contributed by atoms with Crippen LogP contribution in [0.25, 0.3) is 0 Å². The summed E-state index contributed by atoms with van der Waals surface area (Å²) in [5, 5.41) is 11.5. The molecule has 5 rings (SSSR count). The van der Waals surface area contributed by atoms with Gasteiger partial charge in [-0.1, -0.05) is 90.5 Å². The van der Waals surface area contributed by atoms with E-state index in [1.165, 1.54) is 0 Å². The van der Waals surface area contributed by atoms with Crippen molar-refractivity contribution in [3.05, 3.63) is 131 Å². The zero-order valence-corrected chi connectivity index (χ0v) is 29.5. The van der Waals surface area contributed by atoms with Crippen molar-refractivity contribution in [1.82, 2.24) is 21.3 Å². The molecule has 1 heterocycles. The molecule has 3 atom stereocenters. The number of nitrogens with one attached hydrogen (secondary N) is 4. The molecule has 0 fully saturated rings. The van der Waals surface area contributed by atoms with Gasteiger partial charge in [0.25, 0.3) is 0 Å². The van der Waals surface area contributed by atoms with Crippen LogP contribution in [0.5, 0.6) is 11.5 Å². The molecular weight excluding hydrogens is 644 g/mol. The van der Waals surface area contributed by atoms with Crippen LogP contribution in [0.1, 0.15) is 55.0 Å². The predicted octanol–water partition coefficient (Wildman–Crippen LogP) is 5.70. The van der Waals surface area contributed by atoms with Gasteiger partial charge in [0.15, 0.2) is 0 Å².